The Bertz CT molecular complexity index is 817. The third-order valence-corrected chi connectivity index (χ3v) is 4.44. The zero-order valence-electron chi connectivity index (χ0n) is 11.1. The number of hydrogen-bond acceptors (Lipinski definition) is 4. The van der Waals surface area contributed by atoms with Crippen LogP contribution in [0.15, 0.2) is 50.9 Å². The van der Waals surface area contributed by atoms with Crippen LogP contribution in [0.5, 0.6) is 5.75 Å². The molecule has 3 rings (SSSR count). The van der Waals surface area contributed by atoms with Crippen molar-refractivity contribution in [3.05, 3.63) is 46.4 Å². The van der Waals surface area contributed by atoms with Crippen molar-refractivity contribution in [1.82, 2.24) is 9.97 Å². The molecule has 0 aliphatic rings. The van der Waals surface area contributed by atoms with Crippen LogP contribution in [0, 0.1) is 0 Å². The second kappa shape index (κ2) is 5.91. The Labute approximate surface area is 134 Å². The molecule has 3 aromatic rings. The van der Waals surface area contributed by atoms with Gasteiger partial charge in [-0.15, -0.1) is 0 Å². The van der Waals surface area contributed by atoms with Crippen LogP contribution in [0.1, 0.15) is 10.4 Å². The lowest BCUT2D eigenvalue weighted by Gasteiger charge is -2.02. The average molecular weight is 363 g/mol. The molecular formula is C15H11BrN2O2S. The van der Waals surface area contributed by atoms with Crippen molar-refractivity contribution >= 4 is 45.0 Å². The van der Waals surface area contributed by atoms with Crippen LogP contribution in [0.2, 0.25) is 0 Å². The summed E-state index contributed by atoms with van der Waals surface area (Å²) in [5, 5.41) is 0.740. The second-order valence-corrected chi connectivity index (χ2v) is 6.27. The Balaban J connectivity index is 1.96. The number of halogens is 1. The first kappa shape index (κ1) is 14.2. The predicted octanol–water partition coefficient (Wildman–Crippen LogP) is 4.30. The van der Waals surface area contributed by atoms with E-state index < -0.39 is 0 Å². The molecule has 0 aliphatic carbocycles. The molecule has 1 aromatic heterocycles. The van der Waals surface area contributed by atoms with Crippen molar-refractivity contribution in [3.63, 3.8) is 0 Å². The summed E-state index contributed by atoms with van der Waals surface area (Å²) in [5.74, 6) is 0.778. The summed E-state index contributed by atoms with van der Waals surface area (Å²) in [6.07, 6.45) is 0.846. The molecular weight excluding hydrogens is 352 g/mol. The fourth-order valence-electron chi connectivity index (χ4n) is 1.95. The van der Waals surface area contributed by atoms with Gasteiger partial charge in [0.2, 0.25) is 0 Å². The van der Waals surface area contributed by atoms with E-state index in [0.29, 0.717) is 5.56 Å². The van der Waals surface area contributed by atoms with E-state index in [2.05, 4.69) is 25.9 Å². The molecule has 0 bridgehead atoms. The number of methoxy groups -OCH3 is 1. The van der Waals surface area contributed by atoms with E-state index in [1.54, 1.807) is 13.2 Å². The maximum Gasteiger partial charge on any atom is 0.171 e. The third-order valence-electron chi connectivity index (χ3n) is 2.97. The first-order chi connectivity index (χ1) is 10.2. The van der Waals surface area contributed by atoms with Crippen LogP contribution >= 0.6 is 27.7 Å². The van der Waals surface area contributed by atoms with Gasteiger partial charge < -0.3 is 9.72 Å². The van der Waals surface area contributed by atoms with Gasteiger partial charge in [-0.05, 0) is 30.3 Å². The van der Waals surface area contributed by atoms with Gasteiger partial charge in [-0.3, -0.25) is 4.79 Å². The van der Waals surface area contributed by atoms with Crippen molar-refractivity contribution in [2.75, 3.05) is 7.11 Å². The van der Waals surface area contributed by atoms with Gasteiger partial charge in [-0.2, -0.15) is 0 Å². The summed E-state index contributed by atoms with van der Waals surface area (Å²) in [5.41, 5.74) is 2.40. The Hall–Kier alpha value is -1.79. The molecule has 2 aromatic carbocycles. The number of H-pyrrole nitrogens is 1. The minimum absolute atomic E-state index is 0.632. The van der Waals surface area contributed by atoms with E-state index in [4.69, 9.17) is 4.74 Å². The molecule has 4 nitrogen and oxygen atoms in total. The molecule has 0 saturated carbocycles. The Morgan fingerprint density at radius 2 is 2.14 bits per heavy atom. The van der Waals surface area contributed by atoms with Gasteiger partial charge in [0, 0.05) is 21.0 Å². The minimum atomic E-state index is 0.632. The fraction of sp³-hybridized carbons (Fsp3) is 0.0667. The molecule has 1 N–H and O–H groups in total. The summed E-state index contributed by atoms with van der Waals surface area (Å²) in [6, 6.07) is 11.3. The van der Waals surface area contributed by atoms with E-state index in [-0.39, 0.29) is 0 Å². The smallest absolute Gasteiger partial charge is 0.171 e. The number of carbonyl (C=O) groups excluding carboxylic acids is 1. The van der Waals surface area contributed by atoms with E-state index >= 15 is 0 Å². The fourth-order valence-corrected chi connectivity index (χ4v) is 3.20. The Morgan fingerprint density at radius 3 is 2.90 bits per heavy atom. The topological polar surface area (TPSA) is 55.0 Å². The summed E-state index contributed by atoms with van der Waals surface area (Å²) < 4.78 is 6.07. The van der Waals surface area contributed by atoms with Crippen molar-refractivity contribution in [2.24, 2.45) is 0 Å². The lowest BCUT2D eigenvalue weighted by atomic mass is 10.2. The molecule has 106 valence electrons. The van der Waals surface area contributed by atoms with Crippen LogP contribution < -0.4 is 4.74 Å². The number of aldehydes is 1. The monoisotopic (exact) mass is 362 g/mol. The lowest BCUT2D eigenvalue weighted by molar-refractivity contribution is 0.112. The maximum atomic E-state index is 11.1. The molecule has 0 fully saturated rings. The van der Waals surface area contributed by atoms with Crippen LogP contribution in [0.3, 0.4) is 0 Å². The second-order valence-electron chi connectivity index (χ2n) is 4.33. The molecule has 21 heavy (non-hydrogen) atoms. The standard InChI is InChI=1S/C15H11BrN2O2S/c1-20-11-3-4-12-13(7-11)18-15(17-12)21-14-5-2-10(16)6-9(14)8-19/h2-8H,1H3,(H,17,18). The number of aromatic amines is 1. The highest BCUT2D eigenvalue weighted by atomic mass is 79.9. The summed E-state index contributed by atoms with van der Waals surface area (Å²) >= 11 is 4.79. The van der Waals surface area contributed by atoms with E-state index in [1.807, 2.05) is 30.3 Å². The molecule has 0 radical (unpaired) electrons. The predicted molar refractivity (Wildman–Crippen MR) is 86.3 cm³/mol. The molecule has 0 saturated heterocycles. The van der Waals surface area contributed by atoms with Gasteiger partial charge in [-0.25, -0.2) is 4.98 Å². The highest BCUT2D eigenvalue weighted by Crippen LogP contribution is 2.31. The maximum absolute atomic E-state index is 11.1. The van der Waals surface area contributed by atoms with E-state index in [0.717, 1.165) is 37.6 Å². The van der Waals surface area contributed by atoms with Crippen LogP contribution in [-0.2, 0) is 0 Å². The van der Waals surface area contributed by atoms with Crippen LogP contribution in [-0.4, -0.2) is 23.4 Å². The molecule has 6 heteroatoms. The summed E-state index contributed by atoms with van der Waals surface area (Å²) in [6.45, 7) is 0. The normalized spacial score (nSPS) is 10.8. The van der Waals surface area contributed by atoms with Gasteiger partial charge >= 0.3 is 0 Å². The third kappa shape index (κ3) is 2.96. The molecule has 0 aliphatic heterocycles. The molecule has 1 heterocycles. The number of rotatable bonds is 4. The number of ether oxygens (including phenoxy) is 1. The molecule has 0 unspecified atom stereocenters. The Morgan fingerprint density at radius 1 is 1.29 bits per heavy atom. The highest BCUT2D eigenvalue weighted by Gasteiger charge is 2.09. The van der Waals surface area contributed by atoms with Crippen molar-refractivity contribution in [1.29, 1.82) is 0 Å². The number of fused-ring (bicyclic) bond motifs is 1. The van der Waals surface area contributed by atoms with Gasteiger partial charge in [0.15, 0.2) is 11.4 Å². The summed E-state index contributed by atoms with van der Waals surface area (Å²) in [4.78, 5) is 19.7. The number of nitrogens with zero attached hydrogens (tertiary/aromatic N) is 1. The molecule has 0 atom stereocenters. The first-order valence-corrected chi connectivity index (χ1v) is 7.77. The average Bonchev–Trinajstić information content (AvgIpc) is 2.90. The lowest BCUT2D eigenvalue weighted by Crippen LogP contribution is -1.86. The van der Waals surface area contributed by atoms with Crippen LogP contribution in [0.25, 0.3) is 11.0 Å². The quantitative estimate of drug-likeness (QED) is 0.703. The minimum Gasteiger partial charge on any atom is -0.497 e. The van der Waals surface area contributed by atoms with Crippen LogP contribution in [0.4, 0.5) is 0 Å². The zero-order valence-corrected chi connectivity index (χ0v) is 13.5. The van der Waals surface area contributed by atoms with E-state index in [9.17, 15) is 4.79 Å². The molecule has 0 amide bonds. The number of aromatic nitrogens is 2. The number of imidazole rings is 1. The zero-order chi connectivity index (χ0) is 14.8. The van der Waals surface area contributed by atoms with Crippen molar-refractivity contribution < 1.29 is 9.53 Å². The van der Waals surface area contributed by atoms with Gasteiger partial charge in [0.1, 0.15) is 5.75 Å². The first-order valence-electron chi connectivity index (χ1n) is 6.16. The van der Waals surface area contributed by atoms with Crippen molar-refractivity contribution in [2.45, 2.75) is 10.1 Å². The van der Waals surface area contributed by atoms with Crippen molar-refractivity contribution in [3.8, 4) is 5.75 Å². The number of hydrogen-bond donors (Lipinski definition) is 1. The SMILES string of the molecule is COc1ccc2nc(Sc3ccc(Br)cc3C=O)[nH]c2c1. The highest BCUT2D eigenvalue weighted by molar-refractivity contribution is 9.10. The number of benzene rings is 2. The van der Waals surface area contributed by atoms with Gasteiger partial charge in [0.25, 0.3) is 0 Å². The van der Waals surface area contributed by atoms with Gasteiger partial charge in [-0.1, -0.05) is 27.7 Å². The molecule has 0 spiro atoms. The number of nitrogens with one attached hydrogen (secondary N) is 1. The largest absolute Gasteiger partial charge is 0.497 e. The number of carbonyl (C=O) groups is 1. The van der Waals surface area contributed by atoms with E-state index in [1.165, 1.54) is 11.8 Å². The van der Waals surface area contributed by atoms with Gasteiger partial charge in [0.05, 0.1) is 18.1 Å². The summed E-state index contributed by atoms with van der Waals surface area (Å²) in [7, 11) is 1.63. The Kier molecular flexibility index (Phi) is 3.98.